The lowest BCUT2D eigenvalue weighted by molar-refractivity contribution is 0.325. The summed E-state index contributed by atoms with van der Waals surface area (Å²) in [6.45, 7) is 0.546. The Balaban J connectivity index is 2.28. The SMILES string of the molecule is ClCC1COC(c2ccccc2Cl)=N1. The van der Waals surface area contributed by atoms with Crippen LogP contribution in [0, 0.1) is 0 Å². The molecule has 1 aromatic rings. The Bertz CT molecular complexity index is 365. The van der Waals surface area contributed by atoms with Crippen LogP contribution in [0.3, 0.4) is 0 Å². The summed E-state index contributed by atoms with van der Waals surface area (Å²) in [6, 6.07) is 7.54. The molecule has 0 aromatic heterocycles. The molecule has 1 aromatic carbocycles. The van der Waals surface area contributed by atoms with Gasteiger partial charge in [0.15, 0.2) is 0 Å². The van der Waals surface area contributed by atoms with Crippen LogP contribution in [0.5, 0.6) is 0 Å². The van der Waals surface area contributed by atoms with E-state index in [1.54, 1.807) is 0 Å². The van der Waals surface area contributed by atoms with Gasteiger partial charge in [-0.2, -0.15) is 0 Å². The van der Waals surface area contributed by atoms with Crippen molar-refractivity contribution in [2.24, 2.45) is 4.99 Å². The molecule has 0 aliphatic carbocycles. The molecule has 1 heterocycles. The van der Waals surface area contributed by atoms with Crippen molar-refractivity contribution in [1.29, 1.82) is 0 Å². The monoisotopic (exact) mass is 229 g/mol. The second kappa shape index (κ2) is 4.20. The van der Waals surface area contributed by atoms with E-state index in [-0.39, 0.29) is 6.04 Å². The van der Waals surface area contributed by atoms with Crippen LogP contribution in [0.2, 0.25) is 5.02 Å². The second-order valence-electron chi connectivity index (χ2n) is 3.03. The summed E-state index contributed by atoms with van der Waals surface area (Å²) in [7, 11) is 0. The topological polar surface area (TPSA) is 21.6 Å². The third kappa shape index (κ3) is 1.86. The Morgan fingerprint density at radius 3 is 2.86 bits per heavy atom. The van der Waals surface area contributed by atoms with Crippen molar-refractivity contribution in [3.63, 3.8) is 0 Å². The highest BCUT2D eigenvalue weighted by Crippen LogP contribution is 2.20. The number of rotatable bonds is 2. The summed E-state index contributed by atoms with van der Waals surface area (Å²) in [5.74, 6) is 1.08. The predicted molar refractivity (Wildman–Crippen MR) is 58.4 cm³/mol. The number of hydrogen-bond acceptors (Lipinski definition) is 2. The molecule has 0 bridgehead atoms. The van der Waals surface area contributed by atoms with Crippen molar-refractivity contribution in [1.82, 2.24) is 0 Å². The van der Waals surface area contributed by atoms with Crippen LogP contribution in [0.25, 0.3) is 0 Å². The standard InChI is InChI=1S/C10H9Cl2NO/c11-5-7-6-14-10(13-7)8-3-1-2-4-9(8)12/h1-4,7H,5-6H2. The molecule has 0 N–H and O–H groups in total. The van der Waals surface area contributed by atoms with Gasteiger partial charge in [-0.1, -0.05) is 23.7 Å². The molecular weight excluding hydrogens is 221 g/mol. The second-order valence-corrected chi connectivity index (χ2v) is 3.75. The van der Waals surface area contributed by atoms with Crippen molar-refractivity contribution < 1.29 is 4.74 Å². The van der Waals surface area contributed by atoms with Gasteiger partial charge in [0.25, 0.3) is 0 Å². The van der Waals surface area contributed by atoms with Gasteiger partial charge in [0.05, 0.1) is 10.6 Å². The fraction of sp³-hybridized carbons (Fsp3) is 0.300. The molecule has 2 nitrogen and oxygen atoms in total. The first kappa shape index (κ1) is 9.81. The first-order valence-corrected chi connectivity index (χ1v) is 5.24. The van der Waals surface area contributed by atoms with Gasteiger partial charge >= 0.3 is 0 Å². The van der Waals surface area contributed by atoms with E-state index >= 15 is 0 Å². The molecule has 4 heteroatoms. The van der Waals surface area contributed by atoms with Gasteiger partial charge in [-0.15, -0.1) is 11.6 Å². The van der Waals surface area contributed by atoms with Crippen LogP contribution < -0.4 is 0 Å². The number of hydrogen-bond donors (Lipinski definition) is 0. The zero-order valence-corrected chi connectivity index (χ0v) is 8.92. The third-order valence-corrected chi connectivity index (χ3v) is 2.68. The Kier molecular flexibility index (Phi) is 2.94. The highest BCUT2D eigenvalue weighted by Gasteiger charge is 2.20. The number of nitrogens with zero attached hydrogens (tertiary/aromatic N) is 1. The fourth-order valence-corrected chi connectivity index (χ4v) is 1.65. The molecule has 14 heavy (non-hydrogen) atoms. The number of halogens is 2. The smallest absolute Gasteiger partial charge is 0.218 e. The summed E-state index contributed by atoms with van der Waals surface area (Å²) < 4.78 is 5.40. The maximum absolute atomic E-state index is 6.00. The molecule has 1 aliphatic heterocycles. The van der Waals surface area contributed by atoms with Gasteiger partial charge in [0.1, 0.15) is 12.6 Å². The molecule has 74 valence electrons. The minimum absolute atomic E-state index is 0.0583. The van der Waals surface area contributed by atoms with Gasteiger partial charge in [-0.3, -0.25) is 0 Å². The van der Waals surface area contributed by atoms with E-state index in [1.165, 1.54) is 0 Å². The first-order chi connectivity index (χ1) is 6.81. The van der Waals surface area contributed by atoms with Crippen LogP contribution in [-0.4, -0.2) is 24.4 Å². The summed E-state index contributed by atoms with van der Waals surface area (Å²) in [4.78, 5) is 4.32. The maximum atomic E-state index is 6.00. The highest BCUT2D eigenvalue weighted by molar-refractivity contribution is 6.33. The summed E-state index contributed by atoms with van der Waals surface area (Å²) in [5, 5.41) is 0.654. The van der Waals surface area contributed by atoms with Crippen LogP contribution in [-0.2, 0) is 4.74 Å². The maximum Gasteiger partial charge on any atom is 0.218 e. The highest BCUT2D eigenvalue weighted by atomic mass is 35.5. The van der Waals surface area contributed by atoms with Crippen molar-refractivity contribution >= 4 is 29.1 Å². The third-order valence-electron chi connectivity index (χ3n) is 1.99. The molecule has 1 aliphatic rings. The summed E-state index contributed by atoms with van der Waals surface area (Å²) in [5.41, 5.74) is 0.835. The number of aliphatic imine (C=N–C) groups is 1. The van der Waals surface area contributed by atoms with Crippen molar-refractivity contribution in [2.75, 3.05) is 12.5 Å². The Labute approximate surface area is 92.5 Å². The van der Waals surface area contributed by atoms with Crippen molar-refractivity contribution in [3.8, 4) is 0 Å². The van der Waals surface area contributed by atoms with E-state index in [0.717, 1.165) is 5.56 Å². The molecule has 1 unspecified atom stereocenters. The molecule has 2 rings (SSSR count). The molecule has 1 atom stereocenters. The van der Waals surface area contributed by atoms with E-state index < -0.39 is 0 Å². The van der Waals surface area contributed by atoms with Gasteiger partial charge < -0.3 is 4.74 Å². The number of alkyl halides is 1. The normalized spacial score (nSPS) is 20.4. The average molecular weight is 230 g/mol. The summed E-state index contributed by atoms with van der Waals surface area (Å²) in [6.07, 6.45) is 0. The Morgan fingerprint density at radius 2 is 2.21 bits per heavy atom. The lowest BCUT2D eigenvalue weighted by Crippen LogP contribution is -2.07. The minimum atomic E-state index is 0.0583. The van der Waals surface area contributed by atoms with E-state index in [0.29, 0.717) is 23.4 Å². The molecule has 0 fully saturated rings. The number of ether oxygens (including phenoxy) is 1. The van der Waals surface area contributed by atoms with Crippen molar-refractivity contribution in [2.45, 2.75) is 6.04 Å². The molecule has 0 saturated carbocycles. The van der Waals surface area contributed by atoms with Gasteiger partial charge in [0, 0.05) is 5.88 Å². The number of benzene rings is 1. The van der Waals surface area contributed by atoms with Crippen LogP contribution >= 0.6 is 23.2 Å². The fourth-order valence-electron chi connectivity index (χ4n) is 1.28. The molecule has 0 saturated heterocycles. The lowest BCUT2D eigenvalue weighted by atomic mass is 10.2. The van der Waals surface area contributed by atoms with E-state index in [4.69, 9.17) is 27.9 Å². The van der Waals surface area contributed by atoms with E-state index in [9.17, 15) is 0 Å². The quantitative estimate of drug-likeness (QED) is 0.716. The Morgan fingerprint density at radius 1 is 1.43 bits per heavy atom. The van der Waals surface area contributed by atoms with Gasteiger partial charge in [0.2, 0.25) is 5.90 Å². The van der Waals surface area contributed by atoms with Crippen LogP contribution in [0.15, 0.2) is 29.3 Å². The first-order valence-electron chi connectivity index (χ1n) is 4.32. The minimum Gasteiger partial charge on any atom is -0.475 e. The lowest BCUT2D eigenvalue weighted by Gasteiger charge is -2.02. The molecule has 0 spiro atoms. The predicted octanol–water partition coefficient (Wildman–Crippen LogP) is 2.72. The van der Waals surface area contributed by atoms with Gasteiger partial charge in [-0.25, -0.2) is 4.99 Å². The van der Waals surface area contributed by atoms with Crippen LogP contribution in [0.4, 0.5) is 0 Å². The zero-order chi connectivity index (χ0) is 9.97. The zero-order valence-electron chi connectivity index (χ0n) is 7.41. The molecule has 0 radical (unpaired) electrons. The molecule has 0 amide bonds. The van der Waals surface area contributed by atoms with Crippen LogP contribution in [0.1, 0.15) is 5.56 Å². The Hall–Kier alpha value is -0.730. The van der Waals surface area contributed by atoms with E-state index in [1.807, 2.05) is 24.3 Å². The van der Waals surface area contributed by atoms with Crippen molar-refractivity contribution in [3.05, 3.63) is 34.9 Å². The van der Waals surface area contributed by atoms with Gasteiger partial charge in [-0.05, 0) is 12.1 Å². The van der Waals surface area contributed by atoms with E-state index in [2.05, 4.69) is 4.99 Å². The average Bonchev–Trinajstić information content (AvgIpc) is 2.67. The molecular formula is C10H9Cl2NO. The largest absolute Gasteiger partial charge is 0.475 e. The summed E-state index contributed by atoms with van der Waals surface area (Å²) >= 11 is 11.7.